The highest BCUT2D eigenvalue weighted by Gasteiger charge is 2.35. The van der Waals surface area contributed by atoms with Gasteiger partial charge in [0.25, 0.3) is 0 Å². The van der Waals surface area contributed by atoms with Crippen LogP contribution in [0.15, 0.2) is 24.3 Å². The minimum Gasteiger partial charge on any atom is -0.357 e. The van der Waals surface area contributed by atoms with E-state index in [9.17, 15) is 0 Å². The lowest BCUT2D eigenvalue weighted by Crippen LogP contribution is -2.38. The van der Waals surface area contributed by atoms with Gasteiger partial charge in [-0.15, -0.1) is 0 Å². The molecule has 1 fully saturated rings. The molecule has 2 aromatic rings. The SMILES string of the molecule is CC[C@H]1CCCN2CCCc3c([nH]c4ccccc34)[C@@H]12. The maximum absolute atomic E-state index is 3.78. The van der Waals surface area contributed by atoms with Crippen LogP contribution in [0, 0.1) is 5.92 Å². The Hall–Kier alpha value is -1.28. The normalized spacial score (nSPS) is 27.1. The van der Waals surface area contributed by atoms with Crippen LogP contribution >= 0.6 is 0 Å². The number of H-pyrrole nitrogens is 1. The molecule has 20 heavy (non-hydrogen) atoms. The van der Waals surface area contributed by atoms with Crippen molar-refractivity contribution in [2.75, 3.05) is 13.1 Å². The number of fused-ring (bicyclic) bond motifs is 5. The van der Waals surface area contributed by atoms with Gasteiger partial charge in [-0.1, -0.05) is 31.5 Å². The van der Waals surface area contributed by atoms with Crippen LogP contribution in [0.4, 0.5) is 0 Å². The highest BCUT2D eigenvalue weighted by atomic mass is 15.2. The molecule has 0 saturated carbocycles. The van der Waals surface area contributed by atoms with Crippen LogP contribution < -0.4 is 0 Å². The smallest absolute Gasteiger partial charge is 0.0529 e. The van der Waals surface area contributed by atoms with Gasteiger partial charge in [0.1, 0.15) is 0 Å². The third-order valence-corrected chi connectivity index (χ3v) is 5.40. The minimum absolute atomic E-state index is 0.638. The molecule has 106 valence electrons. The number of aromatic nitrogens is 1. The van der Waals surface area contributed by atoms with E-state index in [4.69, 9.17) is 0 Å². The number of aromatic amines is 1. The van der Waals surface area contributed by atoms with Crippen LogP contribution in [0.5, 0.6) is 0 Å². The molecule has 0 amide bonds. The first-order chi connectivity index (χ1) is 9.88. The summed E-state index contributed by atoms with van der Waals surface area (Å²) in [5, 5.41) is 1.46. The van der Waals surface area contributed by atoms with Crippen molar-refractivity contribution in [3.63, 3.8) is 0 Å². The molecule has 2 nitrogen and oxygen atoms in total. The molecule has 4 rings (SSSR count). The fourth-order valence-corrected chi connectivity index (χ4v) is 4.45. The van der Waals surface area contributed by atoms with E-state index in [0.717, 1.165) is 5.92 Å². The number of rotatable bonds is 1. The first kappa shape index (κ1) is 12.5. The molecular formula is C18H24N2. The number of benzene rings is 1. The lowest BCUT2D eigenvalue weighted by atomic mass is 9.84. The van der Waals surface area contributed by atoms with Crippen molar-refractivity contribution in [2.24, 2.45) is 5.92 Å². The van der Waals surface area contributed by atoms with Crippen molar-refractivity contribution in [3.8, 4) is 0 Å². The van der Waals surface area contributed by atoms with Gasteiger partial charge in [-0.05, 0) is 56.3 Å². The van der Waals surface area contributed by atoms with Crippen LogP contribution in [0.3, 0.4) is 0 Å². The lowest BCUT2D eigenvalue weighted by Gasteiger charge is -2.40. The number of hydrogen-bond donors (Lipinski definition) is 1. The second-order valence-corrected chi connectivity index (χ2v) is 6.46. The number of hydrogen-bond acceptors (Lipinski definition) is 1. The van der Waals surface area contributed by atoms with Crippen LogP contribution in [0.25, 0.3) is 10.9 Å². The van der Waals surface area contributed by atoms with Gasteiger partial charge >= 0.3 is 0 Å². The molecule has 0 radical (unpaired) electrons. The summed E-state index contributed by atoms with van der Waals surface area (Å²) in [6.07, 6.45) is 6.62. The standard InChI is InChI=1S/C18H24N2/c1-2-13-7-5-11-20-12-6-9-15-14-8-3-4-10-16(14)19-17(15)18(13)20/h3-4,8,10,13,18-19H,2,5-7,9,11-12H2,1H3/t13-,18+/m0/s1. The van der Waals surface area contributed by atoms with Gasteiger partial charge in [0.15, 0.2) is 0 Å². The summed E-state index contributed by atoms with van der Waals surface area (Å²) < 4.78 is 0. The summed E-state index contributed by atoms with van der Waals surface area (Å²) in [4.78, 5) is 6.53. The predicted octanol–water partition coefficient (Wildman–Crippen LogP) is 4.28. The van der Waals surface area contributed by atoms with Crippen molar-refractivity contribution < 1.29 is 0 Å². The zero-order valence-corrected chi connectivity index (χ0v) is 12.4. The van der Waals surface area contributed by atoms with Crippen LogP contribution in [-0.2, 0) is 6.42 Å². The van der Waals surface area contributed by atoms with Crippen molar-refractivity contribution >= 4 is 10.9 Å². The second kappa shape index (κ2) is 4.92. The summed E-state index contributed by atoms with van der Waals surface area (Å²) >= 11 is 0. The molecule has 3 heterocycles. The van der Waals surface area contributed by atoms with E-state index in [1.165, 1.54) is 61.8 Å². The van der Waals surface area contributed by atoms with Crippen molar-refractivity contribution in [1.29, 1.82) is 0 Å². The fourth-order valence-electron chi connectivity index (χ4n) is 4.45. The zero-order chi connectivity index (χ0) is 13.5. The summed E-state index contributed by atoms with van der Waals surface area (Å²) in [5.74, 6) is 0.827. The first-order valence-corrected chi connectivity index (χ1v) is 8.22. The Labute approximate surface area is 121 Å². The van der Waals surface area contributed by atoms with E-state index in [0.29, 0.717) is 6.04 Å². The molecule has 2 aliphatic rings. The van der Waals surface area contributed by atoms with E-state index in [1.54, 1.807) is 5.56 Å². The summed E-state index contributed by atoms with van der Waals surface area (Å²) in [7, 11) is 0. The van der Waals surface area contributed by atoms with Gasteiger partial charge in [-0.3, -0.25) is 4.90 Å². The topological polar surface area (TPSA) is 19.0 Å². The van der Waals surface area contributed by atoms with Gasteiger partial charge in [0.2, 0.25) is 0 Å². The number of nitrogens with zero attached hydrogens (tertiary/aromatic N) is 1. The third-order valence-electron chi connectivity index (χ3n) is 5.40. The van der Waals surface area contributed by atoms with Gasteiger partial charge in [-0.25, -0.2) is 0 Å². The number of piperidine rings is 1. The zero-order valence-electron chi connectivity index (χ0n) is 12.4. The Morgan fingerprint density at radius 1 is 1.20 bits per heavy atom. The first-order valence-electron chi connectivity index (χ1n) is 8.22. The minimum atomic E-state index is 0.638. The van der Waals surface area contributed by atoms with E-state index in [-0.39, 0.29) is 0 Å². The highest BCUT2D eigenvalue weighted by molar-refractivity contribution is 5.85. The third kappa shape index (κ3) is 1.81. The van der Waals surface area contributed by atoms with Crippen molar-refractivity contribution in [2.45, 2.75) is 45.1 Å². The van der Waals surface area contributed by atoms with E-state index >= 15 is 0 Å². The molecule has 0 aliphatic carbocycles. The van der Waals surface area contributed by atoms with Gasteiger partial charge < -0.3 is 4.98 Å². The van der Waals surface area contributed by atoms with E-state index in [2.05, 4.69) is 41.1 Å². The molecule has 2 aliphatic heterocycles. The number of nitrogens with one attached hydrogen (secondary N) is 1. The molecule has 1 saturated heterocycles. The summed E-state index contributed by atoms with van der Waals surface area (Å²) in [6, 6.07) is 9.49. The molecule has 0 bridgehead atoms. The Bertz CT molecular complexity index is 613. The maximum atomic E-state index is 3.78. The Morgan fingerprint density at radius 3 is 2.95 bits per heavy atom. The largest absolute Gasteiger partial charge is 0.357 e. The number of aryl methyl sites for hydroxylation is 1. The average molecular weight is 268 g/mol. The van der Waals surface area contributed by atoms with Crippen molar-refractivity contribution in [3.05, 3.63) is 35.5 Å². The van der Waals surface area contributed by atoms with Gasteiger partial charge in [0.05, 0.1) is 6.04 Å². The van der Waals surface area contributed by atoms with Crippen LogP contribution in [0.1, 0.15) is 49.9 Å². The molecule has 2 atom stereocenters. The van der Waals surface area contributed by atoms with Crippen LogP contribution in [0.2, 0.25) is 0 Å². The maximum Gasteiger partial charge on any atom is 0.0529 e. The van der Waals surface area contributed by atoms with Gasteiger partial charge in [-0.2, -0.15) is 0 Å². The molecule has 0 spiro atoms. The molecule has 2 heteroatoms. The van der Waals surface area contributed by atoms with Crippen molar-refractivity contribution in [1.82, 2.24) is 9.88 Å². The second-order valence-electron chi connectivity index (χ2n) is 6.46. The quantitative estimate of drug-likeness (QED) is 0.818. The Kier molecular flexibility index (Phi) is 3.07. The fraction of sp³-hybridized carbons (Fsp3) is 0.556. The van der Waals surface area contributed by atoms with Gasteiger partial charge in [0, 0.05) is 16.6 Å². The predicted molar refractivity (Wildman–Crippen MR) is 83.9 cm³/mol. The Morgan fingerprint density at radius 2 is 2.05 bits per heavy atom. The average Bonchev–Trinajstić information content (AvgIpc) is 2.75. The number of para-hydroxylation sites is 1. The Balaban J connectivity index is 1.88. The summed E-state index contributed by atoms with van der Waals surface area (Å²) in [5.41, 5.74) is 4.48. The van der Waals surface area contributed by atoms with Crippen LogP contribution in [-0.4, -0.2) is 23.0 Å². The molecular weight excluding hydrogens is 244 g/mol. The molecule has 1 aromatic heterocycles. The van der Waals surface area contributed by atoms with E-state index in [1.807, 2.05) is 0 Å². The lowest BCUT2D eigenvalue weighted by molar-refractivity contribution is 0.0905. The highest BCUT2D eigenvalue weighted by Crippen LogP contribution is 2.42. The monoisotopic (exact) mass is 268 g/mol. The molecule has 1 N–H and O–H groups in total. The molecule has 0 unspecified atom stereocenters. The summed E-state index contributed by atoms with van der Waals surface area (Å²) in [6.45, 7) is 4.93. The molecule has 1 aromatic carbocycles. The van der Waals surface area contributed by atoms with E-state index < -0.39 is 0 Å².